The lowest BCUT2D eigenvalue weighted by Crippen LogP contribution is -2.04. The molecule has 2 heteroatoms. The van der Waals surface area contributed by atoms with Gasteiger partial charge in [-0.1, -0.05) is 30.3 Å². The fourth-order valence-corrected chi connectivity index (χ4v) is 1.53. The lowest BCUT2D eigenvalue weighted by molar-refractivity contribution is 0.347. The maximum absolute atomic E-state index is 12.7. The van der Waals surface area contributed by atoms with E-state index in [1.165, 1.54) is 0 Å². The molecule has 1 aliphatic heterocycles. The van der Waals surface area contributed by atoms with Gasteiger partial charge in [-0.05, 0) is 12.0 Å². The fourth-order valence-electron chi connectivity index (χ4n) is 1.53. The highest BCUT2D eigenvalue weighted by Crippen LogP contribution is 2.27. The van der Waals surface area contributed by atoms with Crippen LogP contribution in [0.5, 0.6) is 0 Å². The Morgan fingerprint density at radius 3 is 2.62 bits per heavy atom. The Morgan fingerprint density at radius 2 is 2.08 bits per heavy atom. The molecule has 1 aromatic carbocycles. The first-order valence-corrected chi connectivity index (χ1v) is 4.62. The van der Waals surface area contributed by atoms with Gasteiger partial charge in [-0.25, -0.2) is 0 Å². The van der Waals surface area contributed by atoms with Crippen LogP contribution in [0.2, 0.25) is 0 Å². The van der Waals surface area contributed by atoms with Gasteiger partial charge in [0.05, 0.1) is 19.4 Å². The minimum Gasteiger partial charge on any atom is -0.373 e. The van der Waals surface area contributed by atoms with E-state index < -0.39 is 0 Å². The van der Waals surface area contributed by atoms with E-state index >= 15 is 0 Å². The summed E-state index contributed by atoms with van der Waals surface area (Å²) in [6.07, 6.45) is 1.13. The number of benzene rings is 1. The largest absolute Gasteiger partial charge is 0.373 e. The molecule has 0 N–H and O–H groups in total. The Morgan fingerprint density at radius 1 is 1.38 bits per heavy atom. The van der Waals surface area contributed by atoms with Gasteiger partial charge in [0.2, 0.25) is 0 Å². The highest BCUT2D eigenvalue weighted by atomic mass is 19.1. The van der Waals surface area contributed by atoms with Gasteiger partial charge in [-0.15, -0.1) is 0 Å². The molecule has 0 spiro atoms. The summed E-state index contributed by atoms with van der Waals surface area (Å²) in [6.45, 7) is 0.521. The Balaban J connectivity index is 2.02. The van der Waals surface area contributed by atoms with Gasteiger partial charge in [0.1, 0.15) is 0 Å². The number of epoxide rings is 1. The van der Waals surface area contributed by atoms with Gasteiger partial charge in [0.25, 0.3) is 0 Å². The molecule has 1 nitrogen and oxygen atoms in total. The molecule has 0 amide bonds. The maximum Gasteiger partial charge on any atom is 0.0963 e. The van der Waals surface area contributed by atoms with Gasteiger partial charge in [0, 0.05) is 5.92 Å². The third kappa shape index (κ3) is 2.28. The molecule has 0 radical (unpaired) electrons. The van der Waals surface area contributed by atoms with E-state index in [1.807, 2.05) is 30.3 Å². The summed E-state index contributed by atoms with van der Waals surface area (Å²) >= 11 is 0. The molecular weight excluding hydrogens is 167 g/mol. The van der Waals surface area contributed by atoms with Gasteiger partial charge in [-0.3, -0.25) is 4.39 Å². The Labute approximate surface area is 77.5 Å². The molecule has 0 aliphatic carbocycles. The maximum atomic E-state index is 12.7. The molecule has 1 aliphatic rings. The monoisotopic (exact) mass is 180 g/mol. The highest BCUT2D eigenvalue weighted by molar-refractivity contribution is 5.19. The molecule has 1 saturated heterocycles. The summed E-state index contributed by atoms with van der Waals surface area (Å²) in [5.74, 6) is 0.0219. The van der Waals surface area contributed by atoms with Crippen molar-refractivity contribution in [2.75, 3.05) is 13.3 Å². The molecular formula is C11H13FO. The highest BCUT2D eigenvalue weighted by Gasteiger charge is 2.27. The topological polar surface area (TPSA) is 12.5 Å². The van der Waals surface area contributed by atoms with Gasteiger partial charge in [-0.2, -0.15) is 0 Å². The van der Waals surface area contributed by atoms with E-state index in [4.69, 9.17) is 4.74 Å². The molecule has 1 heterocycles. The molecule has 2 rings (SSSR count). The Bertz CT molecular complexity index is 256. The first kappa shape index (κ1) is 8.70. The van der Waals surface area contributed by atoms with Crippen LogP contribution in [0.3, 0.4) is 0 Å². The molecule has 0 bridgehead atoms. The number of halogens is 1. The number of ether oxygens (including phenoxy) is 1. The summed E-state index contributed by atoms with van der Waals surface area (Å²) in [5.41, 5.74) is 1.08. The van der Waals surface area contributed by atoms with E-state index in [2.05, 4.69) is 0 Å². The van der Waals surface area contributed by atoms with Gasteiger partial charge in [0.15, 0.2) is 0 Å². The molecule has 1 fully saturated rings. The van der Waals surface area contributed by atoms with E-state index in [9.17, 15) is 4.39 Å². The summed E-state index contributed by atoms with van der Waals surface area (Å²) in [4.78, 5) is 0. The number of hydrogen-bond acceptors (Lipinski definition) is 1. The van der Waals surface area contributed by atoms with Crippen molar-refractivity contribution < 1.29 is 9.13 Å². The van der Waals surface area contributed by atoms with Crippen LogP contribution in [0, 0.1) is 0 Å². The fraction of sp³-hybridized carbons (Fsp3) is 0.455. The van der Waals surface area contributed by atoms with Gasteiger partial charge >= 0.3 is 0 Å². The summed E-state index contributed by atoms with van der Waals surface area (Å²) in [7, 11) is 0. The Hall–Kier alpha value is -0.890. The predicted molar refractivity (Wildman–Crippen MR) is 49.5 cm³/mol. The lowest BCUT2D eigenvalue weighted by Gasteiger charge is -2.11. The van der Waals surface area contributed by atoms with Crippen LogP contribution in [-0.4, -0.2) is 19.4 Å². The standard InChI is InChI=1S/C11H13FO/c12-7-10(6-11-8-13-11)9-4-2-1-3-5-9/h1-5,10-11H,6-8H2. The quantitative estimate of drug-likeness (QED) is 0.649. The predicted octanol–water partition coefficient (Wildman–Crippen LogP) is 2.53. The van der Waals surface area contributed by atoms with Crippen LogP contribution < -0.4 is 0 Å². The molecule has 0 saturated carbocycles. The van der Waals surface area contributed by atoms with Crippen molar-refractivity contribution in [3.8, 4) is 0 Å². The summed E-state index contributed by atoms with van der Waals surface area (Å²) in [6, 6.07) is 9.81. The average Bonchev–Trinajstić information content (AvgIpc) is 2.99. The number of alkyl halides is 1. The van der Waals surface area contributed by atoms with E-state index in [-0.39, 0.29) is 12.6 Å². The van der Waals surface area contributed by atoms with Crippen LogP contribution in [0.1, 0.15) is 17.9 Å². The second-order valence-electron chi connectivity index (χ2n) is 3.45. The third-order valence-electron chi connectivity index (χ3n) is 2.41. The SMILES string of the molecule is FCC(CC1CO1)c1ccccc1. The molecule has 2 unspecified atom stereocenters. The van der Waals surface area contributed by atoms with Crippen molar-refractivity contribution in [3.05, 3.63) is 35.9 Å². The zero-order valence-corrected chi connectivity index (χ0v) is 7.45. The van der Waals surface area contributed by atoms with Crippen LogP contribution in [0.15, 0.2) is 30.3 Å². The zero-order valence-electron chi connectivity index (χ0n) is 7.45. The molecule has 1 aromatic rings. The van der Waals surface area contributed by atoms with Crippen molar-refractivity contribution in [2.45, 2.75) is 18.4 Å². The molecule has 70 valence electrons. The average molecular weight is 180 g/mol. The lowest BCUT2D eigenvalue weighted by atomic mass is 9.96. The summed E-state index contributed by atoms with van der Waals surface area (Å²) in [5, 5.41) is 0. The molecule has 13 heavy (non-hydrogen) atoms. The van der Waals surface area contributed by atoms with Crippen LogP contribution in [-0.2, 0) is 4.74 Å². The normalized spacial score (nSPS) is 22.7. The molecule has 0 aromatic heterocycles. The van der Waals surface area contributed by atoms with E-state index in [0.717, 1.165) is 18.6 Å². The molecule has 2 atom stereocenters. The first-order chi connectivity index (χ1) is 6.40. The van der Waals surface area contributed by atoms with Crippen molar-refractivity contribution in [1.29, 1.82) is 0 Å². The van der Waals surface area contributed by atoms with Gasteiger partial charge < -0.3 is 4.74 Å². The van der Waals surface area contributed by atoms with Crippen molar-refractivity contribution >= 4 is 0 Å². The van der Waals surface area contributed by atoms with E-state index in [0.29, 0.717) is 6.10 Å². The summed E-state index contributed by atoms with van der Waals surface area (Å²) < 4.78 is 17.8. The number of hydrogen-bond donors (Lipinski definition) is 0. The van der Waals surface area contributed by atoms with Crippen LogP contribution >= 0.6 is 0 Å². The first-order valence-electron chi connectivity index (χ1n) is 4.62. The second kappa shape index (κ2) is 3.88. The zero-order chi connectivity index (χ0) is 9.10. The minimum absolute atomic E-state index is 0.0219. The van der Waals surface area contributed by atoms with Crippen LogP contribution in [0.25, 0.3) is 0 Å². The van der Waals surface area contributed by atoms with Crippen molar-refractivity contribution in [3.63, 3.8) is 0 Å². The number of rotatable bonds is 4. The van der Waals surface area contributed by atoms with E-state index in [1.54, 1.807) is 0 Å². The minimum atomic E-state index is -0.288. The third-order valence-corrected chi connectivity index (χ3v) is 2.41. The smallest absolute Gasteiger partial charge is 0.0963 e. The Kier molecular flexibility index (Phi) is 2.60. The van der Waals surface area contributed by atoms with Crippen molar-refractivity contribution in [2.24, 2.45) is 0 Å². The second-order valence-corrected chi connectivity index (χ2v) is 3.45. The van der Waals surface area contributed by atoms with Crippen LogP contribution in [0.4, 0.5) is 4.39 Å². The van der Waals surface area contributed by atoms with Crippen molar-refractivity contribution in [1.82, 2.24) is 0 Å².